The molecule has 0 unspecified atom stereocenters. The largest absolute Gasteiger partial charge is 0.494 e. The number of aliphatic carboxylic acids is 2. The van der Waals surface area contributed by atoms with E-state index in [4.69, 9.17) is 4.74 Å². The first kappa shape index (κ1) is 40.2. The lowest BCUT2D eigenvalue weighted by Gasteiger charge is -2.08. The minimum Gasteiger partial charge on any atom is -0.494 e. The van der Waals surface area contributed by atoms with Gasteiger partial charge in [-0.1, -0.05) is 81.4 Å². The summed E-state index contributed by atoms with van der Waals surface area (Å²) in [6.45, 7) is 1.44. The number of carboxylic acid groups (broad SMARTS) is 2. The lowest BCUT2D eigenvalue weighted by molar-refractivity contribution is -0.384. The molecule has 0 aliphatic carbocycles. The number of aromatic nitrogens is 1. The van der Waals surface area contributed by atoms with Crippen LogP contribution in [0.5, 0.6) is 5.75 Å². The van der Waals surface area contributed by atoms with Gasteiger partial charge in [-0.3, -0.25) is 10.1 Å². The lowest BCUT2D eigenvalue weighted by atomic mass is 10.0. The number of nitrogens with zero attached hydrogens (tertiary/aromatic N) is 4. The van der Waals surface area contributed by atoms with Gasteiger partial charge in [0.1, 0.15) is 29.0 Å². The average Bonchev–Trinajstić information content (AvgIpc) is 3.50. The molecule has 1 aromatic heterocycles. The highest BCUT2D eigenvalue weighted by Gasteiger charge is 2.14. The SMILES string of the molecule is N#C/C(=C/c1ccc2c(c1)c1cc(/C=C(/C#N)C(=O)O)ccc1n2CCCCCCCCCCCOc1ccc(/C=C/c2ccc([N+](=O)[O-])cc2)cc1)C(=O)O. The summed E-state index contributed by atoms with van der Waals surface area (Å²) < 4.78 is 8.14. The number of ether oxygens (including phenoxy) is 1. The van der Waals surface area contributed by atoms with Crippen LogP contribution < -0.4 is 4.74 Å². The maximum absolute atomic E-state index is 11.4. The molecule has 0 bridgehead atoms. The summed E-state index contributed by atoms with van der Waals surface area (Å²) in [5.41, 5.74) is 4.24. The number of fused-ring (bicyclic) bond motifs is 3. The number of unbranched alkanes of at least 4 members (excludes halogenated alkanes) is 8. The number of hydrogen-bond acceptors (Lipinski definition) is 7. The van der Waals surface area contributed by atoms with E-state index in [1.54, 1.807) is 36.4 Å². The van der Waals surface area contributed by atoms with Crippen LogP contribution in [0.25, 0.3) is 46.1 Å². The number of nitro benzene ring substituents is 1. The van der Waals surface area contributed by atoms with Gasteiger partial charge in [0, 0.05) is 40.5 Å². The number of nitriles is 2. The lowest BCUT2D eigenvalue weighted by Crippen LogP contribution is -1.99. The van der Waals surface area contributed by atoms with E-state index in [9.17, 15) is 40.4 Å². The highest BCUT2D eigenvalue weighted by atomic mass is 16.6. The first-order valence-corrected chi connectivity index (χ1v) is 18.6. The third-order valence-corrected chi connectivity index (χ3v) is 9.48. The van der Waals surface area contributed by atoms with Crippen molar-refractivity contribution < 1.29 is 29.5 Å². The molecule has 0 radical (unpaired) electrons. The van der Waals surface area contributed by atoms with Gasteiger partial charge in [-0.05, 0) is 95.8 Å². The minimum absolute atomic E-state index is 0.0726. The Hall–Kier alpha value is -6.98. The van der Waals surface area contributed by atoms with E-state index in [2.05, 4.69) is 4.57 Å². The van der Waals surface area contributed by atoms with Crippen molar-refractivity contribution >= 4 is 63.7 Å². The second-order valence-corrected chi connectivity index (χ2v) is 13.4. The van der Waals surface area contributed by atoms with Gasteiger partial charge in [-0.15, -0.1) is 0 Å². The Morgan fingerprint density at radius 2 is 1.07 bits per heavy atom. The van der Waals surface area contributed by atoms with E-state index in [1.165, 1.54) is 37.1 Å². The average molecular weight is 751 g/mol. The number of carbonyl (C=O) groups is 2. The van der Waals surface area contributed by atoms with Crippen LogP contribution in [0.2, 0.25) is 0 Å². The molecule has 0 fully saturated rings. The van der Waals surface area contributed by atoms with Crippen LogP contribution >= 0.6 is 0 Å². The van der Waals surface area contributed by atoms with Gasteiger partial charge < -0.3 is 19.5 Å². The molecular formula is C45H42N4O7. The Bertz CT molecular complexity index is 2280. The number of aryl methyl sites for hydroxylation is 1. The number of carboxylic acids is 2. The summed E-state index contributed by atoms with van der Waals surface area (Å²) in [7, 11) is 0. The van der Waals surface area contributed by atoms with Gasteiger partial charge in [0.2, 0.25) is 0 Å². The molecule has 5 aromatic rings. The van der Waals surface area contributed by atoms with Gasteiger partial charge in [0.05, 0.1) is 11.5 Å². The number of nitro groups is 1. The molecule has 284 valence electrons. The van der Waals surface area contributed by atoms with E-state index in [1.807, 2.05) is 60.7 Å². The first-order chi connectivity index (χ1) is 27.2. The highest BCUT2D eigenvalue weighted by molar-refractivity contribution is 6.10. The zero-order valence-corrected chi connectivity index (χ0v) is 30.9. The summed E-state index contributed by atoms with van der Waals surface area (Å²) in [6, 6.07) is 28.8. The number of non-ortho nitro benzene ring substituents is 1. The van der Waals surface area contributed by atoms with E-state index in [0.717, 1.165) is 90.2 Å². The molecule has 0 aliphatic rings. The molecule has 4 aromatic carbocycles. The third kappa shape index (κ3) is 11.0. The highest BCUT2D eigenvalue weighted by Crippen LogP contribution is 2.32. The predicted octanol–water partition coefficient (Wildman–Crippen LogP) is 10.4. The van der Waals surface area contributed by atoms with Crippen LogP contribution in [0.15, 0.2) is 96.1 Å². The van der Waals surface area contributed by atoms with Crippen molar-refractivity contribution in [3.63, 3.8) is 0 Å². The normalized spacial score (nSPS) is 11.8. The number of benzene rings is 4. The molecule has 11 heteroatoms. The fourth-order valence-corrected chi connectivity index (χ4v) is 6.55. The van der Waals surface area contributed by atoms with Crippen LogP contribution in [0.1, 0.15) is 80.0 Å². The first-order valence-electron chi connectivity index (χ1n) is 18.6. The number of rotatable bonds is 20. The maximum Gasteiger partial charge on any atom is 0.346 e. The molecule has 1 heterocycles. The Labute approximate surface area is 324 Å². The predicted molar refractivity (Wildman–Crippen MR) is 217 cm³/mol. The van der Waals surface area contributed by atoms with E-state index < -0.39 is 16.9 Å². The summed E-state index contributed by atoms with van der Waals surface area (Å²) >= 11 is 0. The molecule has 2 N–H and O–H groups in total. The second-order valence-electron chi connectivity index (χ2n) is 13.4. The summed E-state index contributed by atoms with van der Waals surface area (Å²) in [6.07, 6.45) is 16.5. The van der Waals surface area contributed by atoms with Gasteiger partial charge in [-0.2, -0.15) is 10.5 Å². The van der Waals surface area contributed by atoms with Crippen molar-refractivity contribution in [2.45, 2.75) is 64.3 Å². The van der Waals surface area contributed by atoms with Crippen LogP contribution in [0.3, 0.4) is 0 Å². The zero-order valence-electron chi connectivity index (χ0n) is 30.9. The van der Waals surface area contributed by atoms with E-state index in [0.29, 0.717) is 17.7 Å². The monoisotopic (exact) mass is 750 g/mol. The van der Waals surface area contributed by atoms with Crippen molar-refractivity contribution in [2.24, 2.45) is 0 Å². The number of hydrogen-bond donors (Lipinski definition) is 2. The van der Waals surface area contributed by atoms with Crippen LogP contribution in [-0.4, -0.2) is 38.2 Å². The fourth-order valence-electron chi connectivity index (χ4n) is 6.55. The zero-order chi connectivity index (χ0) is 39.9. The molecule has 0 aliphatic heterocycles. The van der Waals surface area contributed by atoms with Gasteiger partial charge in [0.25, 0.3) is 5.69 Å². The van der Waals surface area contributed by atoms with Crippen LogP contribution in [0.4, 0.5) is 5.69 Å². The van der Waals surface area contributed by atoms with E-state index >= 15 is 0 Å². The minimum atomic E-state index is -1.31. The van der Waals surface area contributed by atoms with Crippen molar-refractivity contribution in [1.29, 1.82) is 10.5 Å². The Morgan fingerprint density at radius 3 is 1.52 bits per heavy atom. The van der Waals surface area contributed by atoms with Crippen molar-refractivity contribution in [3.05, 3.63) is 128 Å². The Morgan fingerprint density at radius 1 is 0.643 bits per heavy atom. The summed E-state index contributed by atoms with van der Waals surface area (Å²) in [5, 5.41) is 49.7. The Balaban J connectivity index is 1.05. The molecule has 5 rings (SSSR count). The van der Waals surface area contributed by atoms with E-state index in [-0.39, 0.29) is 16.8 Å². The van der Waals surface area contributed by atoms with Crippen LogP contribution in [-0.2, 0) is 16.1 Å². The summed E-state index contributed by atoms with van der Waals surface area (Å²) in [5.74, 6) is -1.78. The van der Waals surface area contributed by atoms with Gasteiger partial charge in [-0.25, -0.2) is 9.59 Å². The van der Waals surface area contributed by atoms with Gasteiger partial charge >= 0.3 is 11.9 Å². The standard InChI is InChI=1S/C45H42N4O7/c46-30-36(44(50)51)26-34-16-22-42-40(28-34)41-29-35(27-37(31-47)45(52)53)17-23-43(41)48(42)24-8-6-4-2-1-3-5-7-9-25-56-39-20-14-33(15-21-39)11-10-32-12-18-38(19-13-32)49(54)55/h10-23,26-29H,1-9,24-25H2,(H,50,51)(H,52,53)/b11-10+,36-26-,37-27-. The molecular weight excluding hydrogens is 709 g/mol. The van der Waals surface area contributed by atoms with Crippen LogP contribution in [0, 0.1) is 32.8 Å². The molecule has 11 nitrogen and oxygen atoms in total. The van der Waals surface area contributed by atoms with Crippen molar-refractivity contribution in [2.75, 3.05) is 6.61 Å². The molecule has 56 heavy (non-hydrogen) atoms. The molecule has 0 amide bonds. The quantitative estimate of drug-likeness (QED) is 0.0195. The second kappa shape index (κ2) is 19.9. The smallest absolute Gasteiger partial charge is 0.346 e. The topological polar surface area (TPSA) is 179 Å². The summed E-state index contributed by atoms with van der Waals surface area (Å²) in [4.78, 5) is 33.3. The third-order valence-electron chi connectivity index (χ3n) is 9.48. The van der Waals surface area contributed by atoms with Crippen molar-refractivity contribution in [3.8, 4) is 17.9 Å². The maximum atomic E-state index is 11.4. The fraction of sp³-hybridized carbons (Fsp3) is 0.244. The Kier molecular flexibility index (Phi) is 14.3. The molecule has 0 saturated carbocycles. The molecule has 0 saturated heterocycles. The van der Waals surface area contributed by atoms with Crippen molar-refractivity contribution in [1.82, 2.24) is 4.57 Å². The molecule has 0 atom stereocenters. The molecule has 0 spiro atoms. The van der Waals surface area contributed by atoms with Gasteiger partial charge in [0.15, 0.2) is 0 Å².